The second-order valence-corrected chi connectivity index (χ2v) is 4.57. The summed E-state index contributed by atoms with van der Waals surface area (Å²) in [5, 5.41) is 3.42. The van der Waals surface area contributed by atoms with Crippen LogP contribution in [0.2, 0.25) is 0 Å². The molecule has 13 heavy (non-hydrogen) atoms. The SMILES string of the molecule is C1CN(CC2CC2)[C@@H]2CNC[C@@H]2O1. The van der Waals surface area contributed by atoms with Crippen molar-refractivity contribution in [3.05, 3.63) is 0 Å². The normalized spacial score (nSPS) is 40.6. The van der Waals surface area contributed by atoms with E-state index < -0.39 is 0 Å². The third-order valence-electron chi connectivity index (χ3n) is 3.50. The smallest absolute Gasteiger partial charge is 0.0867 e. The van der Waals surface area contributed by atoms with Gasteiger partial charge in [-0.2, -0.15) is 0 Å². The molecule has 3 heteroatoms. The predicted molar refractivity (Wildman–Crippen MR) is 50.7 cm³/mol. The van der Waals surface area contributed by atoms with Crippen molar-refractivity contribution in [2.24, 2.45) is 5.92 Å². The van der Waals surface area contributed by atoms with Crippen LogP contribution >= 0.6 is 0 Å². The fourth-order valence-electron chi connectivity index (χ4n) is 2.52. The first-order valence-corrected chi connectivity index (χ1v) is 5.50. The molecule has 0 aromatic carbocycles. The first kappa shape index (κ1) is 8.21. The van der Waals surface area contributed by atoms with Crippen LogP contribution in [0.1, 0.15) is 12.8 Å². The van der Waals surface area contributed by atoms with Crippen LogP contribution < -0.4 is 5.32 Å². The monoisotopic (exact) mass is 182 g/mol. The highest BCUT2D eigenvalue weighted by Gasteiger charge is 2.38. The molecule has 0 aromatic rings. The van der Waals surface area contributed by atoms with E-state index in [1.165, 1.54) is 19.4 Å². The van der Waals surface area contributed by atoms with Crippen molar-refractivity contribution in [2.75, 3.05) is 32.8 Å². The molecule has 1 aliphatic carbocycles. The molecule has 0 aromatic heterocycles. The van der Waals surface area contributed by atoms with Crippen molar-refractivity contribution < 1.29 is 4.74 Å². The lowest BCUT2D eigenvalue weighted by Gasteiger charge is -2.36. The van der Waals surface area contributed by atoms with Crippen LogP contribution in [0.3, 0.4) is 0 Å². The van der Waals surface area contributed by atoms with Gasteiger partial charge < -0.3 is 10.1 Å². The van der Waals surface area contributed by atoms with E-state index in [0.717, 1.165) is 32.2 Å². The second kappa shape index (κ2) is 3.23. The molecule has 0 radical (unpaired) electrons. The van der Waals surface area contributed by atoms with Crippen LogP contribution in [0.4, 0.5) is 0 Å². The zero-order valence-electron chi connectivity index (χ0n) is 8.04. The minimum Gasteiger partial charge on any atom is -0.374 e. The van der Waals surface area contributed by atoms with Gasteiger partial charge in [0.15, 0.2) is 0 Å². The molecule has 3 fully saturated rings. The highest BCUT2D eigenvalue weighted by molar-refractivity contribution is 4.94. The molecule has 74 valence electrons. The second-order valence-electron chi connectivity index (χ2n) is 4.57. The van der Waals surface area contributed by atoms with Gasteiger partial charge in [0.2, 0.25) is 0 Å². The van der Waals surface area contributed by atoms with Crippen LogP contribution in [-0.4, -0.2) is 49.8 Å². The first-order chi connectivity index (χ1) is 6.43. The Labute approximate surface area is 79.4 Å². The maximum atomic E-state index is 5.73. The maximum Gasteiger partial charge on any atom is 0.0867 e. The molecule has 3 aliphatic rings. The van der Waals surface area contributed by atoms with Crippen molar-refractivity contribution in [3.8, 4) is 0 Å². The van der Waals surface area contributed by atoms with E-state index in [1.807, 2.05) is 0 Å². The van der Waals surface area contributed by atoms with E-state index in [4.69, 9.17) is 4.74 Å². The summed E-state index contributed by atoms with van der Waals surface area (Å²) in [5.74, 6) is 1.01. The largest absolute Gasteiger partial charge is 0.374 e. The van der Waals surface area contributed by atoms with Gasteiger partial charge in [-0.15, -0.1) is 0 Å². The minimum absolute atomic E-state index is 0.479. The Morgan fingerprint density at radius 1 is 1.31 bits per heavy atom. The van der Waals surface area contributed by atoms with Crippen LogP contribution in [0.15, 0.2) is 0 Å². The van der Waals surface area contributed by atoms with Gasteiger partial charge >= 0.3 is 0 Å². The number of fused-ring (bicyclic) bond motifs is 1. The van der Waals surface area contributed by atoms with Gasteiger partial charge in [0, 0.05) is 32.2 Å². The number of morpholine rings is 1. The van der Waals surface area contributed by atoms with Crippen LogP contribution in [0.5, 0.6) is 0 Å². The number of ether oxygens (including phenoxy) is 1. The standard InChI is InChI=1S/C10H18N2O/c1-2-8(1)7-12-3-4-13-10-6-11-5-9(10)12/h8-11H,1-7H2/t9-,10+/m1/s1. The summed E-state index contributed by atoms with van der Waals surface area (Å²) in [4.78, 5) is 2.64. The van der Waals surface area contributed by atoms with E-state index in [9.17, 15) is 0 Å². The van der Waals surface area contributed by atoms with E-state index >= 15 is 0 Å². The zero-order chi connectivity index (χ0) is 8.67. The Kier molecular flexibility index (Phi) is 2.04. The fourth-order valence-corrected chi connectivity index (χ4v) is 2.52. The number of hydrogen-bond donors (Lipinski definition) is 1. The van der Waals surface area contributed by atoms with Gasteiger partial charge in [-0.25, -0.2) is 0 Å². The molecule has 1 N–H and O–H groups in total. The van der Waals surface area contributed by atoms with Gasteiger partial charge in [0.1, 0.15) is 0 Å². The molecular formula is C10H18N2O. The van der Waals surface area contributed by atoms with Crippen molar-refractivity contribution in [3.63, 3.8) is 0 Å². The topological polar surface area (TPSA) is 24.5 Å². The summed E-state index contributed by atoms with van der Waals surface area (Å²) in [7, 11) is 0. The molecule has 1 saturated carbocycles. The molecule has 2 atom stereocenters. The highest BCUT2D eigenvalue weighted by Crippen LogP contribution is 2.31. The quantitative estimate of drug-likeness (QED) is 0.654. The first-order valence-electron chi connectivity index (χ1n) is 5.50. The van der Waals surface area contributed by atoms with E-state index in [2.05, 4.69) is 10.2 Å². The lowest BCUT2D eigenvalue weighted by atomic mass is 10.1. The van der Waals surface area contributed by atoms with Crippen molar-refractivity contribution in [2.45, 2.75) is 25.0 Å². The summed E-state index contributed by atoms with van der Waals surface area (Å²) in [5.41, 5.74) is 0. The molecule has 2 heterocycles. The lowest BCUT2D eigenvalue weighted by Crippen LogP contribution is -2.51. The van der Waals surface area contributed by atoms with E-state index in [1.54, 1.807) is 0 Å². The van der Waals surface area contributed by atoms with Crippen molar-refractivity contribution in [1.29, 1.82) is 0 Å². The fraction of sp³-hybridized carbons (Fsp3) is 1.00. The third-order valence-corrected chi connectivity index (χ3v) is 3.50. The predicted octanol–water partition coefficient (Wildman–Crippen LogP) is 0.0690. The highest BCUT2D eigenvalue weighted by atomic mass is 16.5. The number of nitrogens with one attached hydrogen (secondary N) is 1. The molecule has 0 unspecified atom stereocenters. The van der Waals surface area contributed by atoms with Crippen LogP contribution in [0, 0.1) is 5.92 Å². The Morgan fingerprint density at radius 3 is 3.08 bits per heavy atom. The van der Waals surface area contributed by atoms with Gasteiger partial charge in [-0.05, 0) is 18.8 Å². The molecular weight excluding hydrogens is 164 g/mol. The molecule has 0 spiro atoms. The van der Waals surface area contributed by atoms with E-state index in [0.29, 0.717) is 12.1 Å². The van der Waals surface area contributed by atoms with Gasteiger partial charge in [-0.3, -0.25) is 4.90 Å². The van der Waals surface area contributed by atoms with Gasteiger partial charge in [0.25, 0.3) is 0 Å². The Balaban J connectivity index is 1.63. The van der Waals surface area contributed by atoms with Crippen LogP contribution in [-0.2, 0) is 4.74 Å². The summed E-state index contributed by atoms with van der Waals surface area (Å²) < 4.78 is 5.73. The number of hydrogen-bond acceptors (Lipinski definition) is 3. The van der Waals surface area contributed by atoms with E-state index in [-0.39, 0.29) is 0 Å². The average molecular weight is 182 g/mol. The molecule has 0 amide bonds. The Morgan fingerprint density at radius 2 is 2.23 bits per heavy atom. The summed E-state index contributed by atoms with van der Waals surface area (Å²) >= 11 is 0. The Bertz CT molecular complexity index is 193. The molecule has 2 aliphatic heterocycles. The van der Waals surface area contributed by atoms with Gasteiger partial charge in [0.05, 0.1) is 12.7 Å². The summed E-state index contributed by atoms with van der Waals surface area (Å²) in [6.45, 7) is 5.62. The molecule has 2 saturated heterocycles. The summed E-state index contributed by atoms with van der Waals surface area (Å²) in [6.07, 6.45) is 3.40. The van der Waals surface area contributed by atoms with Crippen molar-refractivity contribution >= 4 is 0 Å². The minimum atomic E-state index is 0.479. The molecule has 3 nitrogen and oxygen atoms in total. The molecule has 3 rings (SSSR count). The number of rotatable bonds is 2. The lowest BCUT2D eigenvalue weighted by molar-refractivity contribution is -0.0481. The third kappa shape index (κ3) is 1.60. The van der Waals surface area contributed by atoms with Crippen LogP contribution in [0.25, 0.3) is 0 Å². The molecule has 0 bridgehead atoms. The van der Waals surface area contributed by atoms with Gasteiger partial charge in [-0.1, -0.05) is 0 Å². The summed E-state index contributed by atoms with van der Waals surface area (Å²) in [6, 6.07) is 0.675. The Hall–Kier alpha value is -0.120. The average Bonchev–Trinajstić information content (AvgIpc) is 2.83. The number of nitrogens with zero attached hydrogens (tertiary/aromatic N) is 1. The zero-order valence-corrected chi connectivity index (χ0v) is 8.04. The van der Waals surface area contributed by atoms with Crippen molar-refractivity contribution in [1.82, 2.24) is 10.2 Å². The maximum absolute atomic E-state index is 5.73.